The molecule has 0 N–H and O–H groups in total. The van der Waals surface area contributed by atoms with Gasteiger partial charge in [-0.3, -0.25) is 0 Å². The van der Waals surface area contributed by atoms with Crippen LogP contribution in [0.5, 0.6) is 11.5 Å². The van der Waals surface area contributed by atoms with E-state index < -0.39 is 0 Å². The van der Waals surface area contributed by atoms with E-state index in [4.69, 9.17) is 18.9 Å². The van der Waals surface area contributed by atoms with Crippen molar-refractivity contribution >= 4 is 11.5 Å². The molecule has 5 rings (SSSR count). The summed E-state index contributed by atoms with van der Waals surface area (Å²) in [5, 5.41) is 0. The third kappa shape index (κ3) is 2.14. The average Bonchev–Trinajstić information content (AvgIpc) is 3.21. The Morgan fingerprint density at radius 2 is 1.54 bits per heavy atom. The number of carbonyl (C=O) groups excluding carboxylic acids is 1. The van der Waals surface area contributed by atoms with E-state index in [1.54, 1.807) is 14.2 Å². The molecular weight excluding hydrogens is 356 g/mol. The van der Waals surface area contributed by atoms with Gasteiger partial charge in [0, 0.05) is 28.5 Å². The van der Waals surface area contributed by atoms with Crippen LogP contribution in [0.25, 0.3) is 5.57 Å². The largest absolute Gasteiger partial charge is 0.496 e. The molecule has 2 aromatic carbocycles. The molecule has 1 aliphatic carbocycles. The fraction of sp³-hybridized carbons (Fsp3) is 0.348. The van der Waals surface area contributed by atoms with E-state index >= 15 is 0 Å². The molecule has 1 saturated heterocycles. The van der Waals surface area contributed by atoms with Crippen molar-refractivity contribution in [2.24, 2.45) is 11.8 Å². The first-order chi connectivity index (χ1) is 13.7. The SMILES string of the molecule is CCOC(=O)C1=C(c2ccccc2)[C@H]2[C@@H]1[C@H]1O[C@@H]2c2c(OC)ccc(OC)c21. The Morgan fingerprint density at radius 1 is 0.929 bits per heavy atom. The number of hydrogen-bond acceptors (Lipinski definition) is 5. The van der Waals surface area contributed by atoms with E-state index in [0.29, 0.717) is 6.61 Å². The highest BCUT2D eigenvalue weighted by Crippen LogP contribution is 2.71. The van der Waals surface area contributed by atoms with Gasteiger partial charge in [0.2, 0.25) is 0 Å². The molecule has 0 radical (unpaired) electrons. The molecule has 28 heavy (non-hydrogen) atoms. The topological polar surface area (TPSA) is 54.0 Å². The first-order valence-corrected chi connectivity index (χ1v) is 9.58. The van der Waals surface area contributed by atoms with Crippen molar-refractivity contribution < 1.29 is 23.7 Å². The molecule has 4 atom stereocenters. The van der Waals surface area contributed by atoms with Crippen LogP contribution >= 0.6 is 0 Å². The third-order valence-corrected chi connectivity index (χ3v) is 6.09. The molecule has 3 aliphatic rings. The number of ether oxygens (including phenoxy) is 4. The van der Waals surface area contributed by atoms with Gasteiger partial charge >= 0.3 is 5.97 Å². The van der Waals surface area contributed by atoms with E-state index in [9.17, 15) is 4.79 Å². The maximum Gasteiger partial charge on any atom is 0.334 e. The van der Waals surface area contributed by atoms with Gasteiger partial charge < -0.3 is 18.9 Å². The highest BCUT2D eigenvalue weighted by molar-refractivity contribution is 6.04. The van der Waals surface area contributed by atoms with E-state index in [-0.39, 0.29) is 30.0 Å². The monoisotopic (exact) mass is 378 g/mol. The fourth-order valence-electron chi connectivity index (χ4n) is 5.08. The quantitative estimate of drug-likeness (QED) is 0.734. The van der Waals surface area contributed by atoms with Crippen molar-refractivity contribution in [3.8, 4) is 11.5 Å². The summed E-state index contributed by atoms with van der Waals surface area (Å²) in [6.45, 7) is 2.18. The normalized spacial score (nSPS) is 26.4. The van der Waals surface area contributed by atoms with Crippen LogP contribution in [0.4, 0.5) is 0 Å². The molecule has 5 heteroatoms. The molecule has 144 valence electrons. The summed E-state index contributed by atoms with van der Waals surface area (Å²) in [5.41, 5.74) is 4.87. The summed E-state index contributed by atoms with van der Waals surface area (Å²) in [7, 11) is 3.33. The number of hydrogen-bond donors (Lipinski definition) is 0. The maximum absolute atomic E-state index is 12.8. The zero-order valence-electron chi connectivity index (χ0n) is 16.1. The Hall–Kier alpha value is -2.79. The molecule has 0 saturated carbocycles. The van der Waals surface area contributed by atoms with Gasteiger partial charge in [-0.2, -0.15) is 0 Å². The molecule has 2 heterocycles. The van der Waals surface area contributed by atoms with Crippen LogP contribution in [0.3, 0.4) is 0 Å². The molecule has 5 nitrogen and oxygen atoms in total. The second-order valence-electron chi connectivity index (χ2n) is 7.24. The van der Waals surface area contributed by atoms with Crippen LogP contribution < -0.4 is 9.47 Å². The molecular formula is C23H22O5. The lowest BCUT2D eigenvalue weighted by Gasteiger charge is -2.42. The Balaban J connectivity index is 1.67. The lowest BCUT2D eigenvalue weighted by atomic mass is 9.58. The van der Waals surface area contributed by atoms with Crippen LogP contribution in [0.15, 0.2) is 48.0 Å². The summed E-state index contributed by atoms with van der Waals surface area (Å²) in [4.78, 5) is 12.8. The number of fused-ring (bicyclic) bond motifs is 8. The summed E-state index contributed by atoms with van der Waals surface area (Å²) in [5.74, 6) is 1.42. The van der Waals surface area contributed by atoms with Crippen molar-refractivity contribution in [2.45, 2.75) is 19.1 Å². The highest BCUT2D eigenvalue weighted by atomic mass is 16.5. The Bertz CT molecular complexity index is 978. The predicted octanol–water partition coefficient (Wildman–Crippen LogP) is 4.09. The van der Waals surface area contributed by atoms with E-state index in [0.717, 1.165) is 39.3 Å². The van der Waals surface area contributed by atoms with E-state index in [2.05, 4.69) is 0 Å². The first-order valence-electron chi connectivity index (χ1n) is 9.58. The molecule has 0 amide bonds. The molecule has 0 aromatic heterocycles. The summed E-state index contributed by atoms with van der Waals surface area (Å²) in [6, 6.07) is 13.9. The van der Waals surface area contributed by atoms with Gasteiger partial charge in [-0.25, -0.2) is 4.79 Å². The summed E-state index contributed by atoms with van der Waals surface area (Å²) in [6.07, 6.45) is -0.370. The van der Waals surface area contributed by atoms with Gasteiger partial charge in [-0.05, 0) is 30.2 Å². The number of methoxy groups -OCH3 is 2. The van der Waals surface area contributed by atoms with Crippen LogP contribution in [-0.2, 0) is 14.3 Å². The minimum Gasteiger partial charge on any atom is -0.496 e. The zero-order valence-corrected chi connectivity index (χ0v) is 16.1. The van der Waals surface area contributed by atoms with Crippen LogP contribution in [0, 0.1) is 11.8 Å². The van der Waals surface area contributed by atoms with Crippen LogP contribution in [0.1, 0.15) is 35.8 Å². The third-order valence-electron chi connectivity index (χ3n) is 6.09. The van der Waals surface area contributed by atoms with Crippen molar-refractivity contribution in [3.05, 3.63) is 64.7 Å². The molecule has 1 fully saturated rings. The van der Waals surface area contributed by atoms with E-state index in [1.807, 2.05) is 49.4 Å². The second-order valence-corrected chi connectivity index (χ2v) is 7.24. The Kier molecular flexibility index (Phi) is 3.95. The van der Waals surface area contributed by atoms with Gasteiger partial charge in [-0.1, -0.05) is 30.3 Å². The average molecular weight is 378 g/mol. The lowest BCUT2D eigenvalue weighted by Crippen LogP contribution is -2.38. The first kappa shape index (κ1) is 17.3. The van der Waals surface area contributed by atoms with Crippen molar-refractivity contribution in [1.82, 2.24) is 0 Å². The zero-order chi connectivity index (χ0) is 19.4. The molecule has 0 unspecified atom stereocenters. The number of esters is 1. The van der Waals surface area contributed by atoms with Gasteiger partial charge in [0.05, 0.1) is 33.0 Å². The Labute approximate surface area is 163 Å². The minimum atomic E-state index is -0.248. The molecule has 2 bridgehead atoms. The van der Waals surface area contributed by atoms with Gasteiger partial charge in [0.1, 0.15) is 11.5 Å². The van der Waals surface area contributed by atoms with Gasteiger partial charge in [0.25, 0.3) is 0 Å². The fourth-order valence-corrected chi connectivity index (χ4v) is 5.08. The number of rotatable bonds is 5. The highest BCUT2D eigenvalue weighted by Gasteiger charge is 2.64. The van der Waals surface area contributed by atoms with Crippen molar-refractivity contribution in [1.29, 1.82) is 0 Å². The lowest BCUT2D eigenvalue weighted by molar-refractivity contribution is -0.139. The van der Waals surface area contributed by atoms with E-state index in [1.165, 1.54) is 0 Å². The van der Waals surface area contributed by atoms with Crippen LogP contribution in [-0.4, -0.2) is 26.8 Å². The van der Waals surface area contributed by atoms with Crippen molar-refractivity contribution in [2.75, 3.05) is 20.8 Å². The maximum atomic E-state index is 12.8. The summed E-state index contributed by atoms with van der Waals surface area (Å²) < 4.78 is 23.0. The van der Waals surface area contributed by atoms with Crippen molar-refractivity contribution in [3.63, 3.8) is 0 Å². The Morgan fingerprint density at radius 3 is 2.11 bits per heavy atom. The van der Waals surface area contributed by atoms with Gasteiger partial charge in [0.15, 0.2) is 0 Å². The minimum absolute atomic E-state index is 0.0206. The van der Waals surface area contributed by atoms with Crippen LogP contribution in [0.2, 0.25) is 0 Å². The standard InChI is InChI=1S/C23H22O5/c1-4-27-23(24)20-15(12-8-6-5-7-9-12)18-19(20)22-17-14(26-3)11-10-13(25-2)16(17)21(18)28-22/h5-11,18-19,21-22H,4H2,1-3H3/t18-,19-,21+,22-/m0/s1. The second kappa shape index (κ2) is 6.38. The number of benzene rings is 2. The number of carbonyl (C=O) groups is 1. The molecule has 2 aromatic rings. The van der Waals surface area contributed by atoms with Gasteiger partial charge in [-0.15, -0.1) is 0 Å². The summed E-state index contributed by atoms with van der Waals surface area (Å²) >= 11 is 0. The molecule has 0 spiro atoms. The smallest absolute Gasteiger partial charge is 0.334 e. The predicted molar refractivity (Wildman–Crippen MR) is 103 cm³/mol. The molecule has 2 aliphatic heterocycles.